The predicted molar refractivity (Wildman–Crippen MR) is 44.8 cm³/mol. The maximum absolute atomic E-state index is 4.95. The van der Waals surface area contributed by atoms with Crippen LogP contribution in [0.15, 0.2) is 16.9 Å². The number of nitrogens with zero attached hydrogens (tertiary/aromatic N) is 4. The minimum Gasteiger partial charge on any atom is -0.334 e. The van der Waals surface area contributed by atoms with E-state index in [4.69, 9.17) is 4.52 Å². The van der Waals surface area contributed by atoms with E-state index in [1.54, 1.807) is 19.3 Å². The van der Waals surface area contributed by atoms with Gasteiger partial charge in [-0.3, -0.25) is 0 Å². The van der Waals surface area contributed by atoms with Gasteiger partial charge in [0.1, 0.15) is 5.82 Å². The molecule has 0 aromatic carbocycles. The maximum Gasteiger partial charge on any atom is 0.261 e. The highest BCUT2D eigenvalue weighted by Crippen LogP contribution is 2.13. The first-order chi connectivity index (χ1) is 6.25. The fourth-order valence-corrected chi connectivity index (χ4v) is 0.917. The lowest BCUT2D eigenvalue weighted by molar-refractivity contribution is 0.425. The van der Waals surface area contributed by atoms with Gasteiger partial charge in [0, 0.05) is 12.4 Å². The molecule has 0 aliphatic carbocycles. The Labute approximate surface area is 74.8 Å². The Balaban J connectivity index is 2.41. The summed E-state index contributed by atoms with van der Waals surface area (Å²) in [5.74, 6) is 1.79. The molecule has 0 aliphatic rings. The Morgan fingerprint density at radius 3 is 2.31 bits per heavy atom. The van der Waals surface area contributed by atoms with Gasteiger partial charge in [-0.05, 0) is 13.8 Å². The summed E-state index contributed by atoms with van der Waals surface area (Å²) in [6.07, 6.45) is 3.32. The Hall–Kier alpha value is -1.78. The first kappa shape index (κ1) is 7.85. The third-order valence-corrected chi connectivity index (χ3v) is 1.56. The van der Waals surface area contributed by atoms with Crippen LogP contribution in [0.25, 0.3) is 11.5 Å². The number of aromatic nitrogens is 4. The zero-order chi connectivity index (χ0) is 9.26. The first-order valence-electron chi connectivity index (χ1n) is 3.85. The van der Waals surface area contributed by atoms with Crippen molar-refractivity contribution >= 4 is 0 Å². The Morgan fingerprint density at radius 2 is 1.77 bits per heavy atom. The largest absolute Gasteiger partial charge is 0.334 e. The second kappa shape index (κ2) is 2.93. The van der Waals surface area contributed by atoms with Crippen molar-refractivity contribution in [1.29, 1.82) is 0 Å². The highest BCUT2D eigenvalue weighted by molar-refractivity contribution is 5.48. The molecule has 2 rings (SSSR count). The van der Waals surface area contributed by atoms with Crippen molar-refractivity contribution in [2.24, 2.45) is 0 Å². The van der Waals surface area contributed by atoms with Crippen molar-refractivity contribution in [2.75, 3.05) is 0 Å². The van der Waals surface area contributed by atoms with Crippen molar-refractivity contribution in [3.63, 3.8) is 0 Å². The molecule has 0 amide bonds. The van der Waals surface area contributed by atoms with E-state index in [1.807, 2.05) is 6.92 Å². The maximum atomic E-state index is 4.95. The van der Waals surface area contributed by atoms with Gasteiger partial charge in [0.2, 0.25) is 0 Å². The van der Waals surface area contributed by atoms with Crippen LogP contribution in [0.2, 0.25) is 0 Å². The second-order valence-corrected chi connectivity index (χ2v) is 2.67. The van der Waals surface area contributed by atoms with E-state index >= 15 is 0 Å². The van der Waals surface area contributed by atoms with Gasteiger partial charge in [0.15, 0.2) is 5.82 Å². The van der Waals surface area contributed by atoms with E-state index < -0.39 is 0 Å². The van der Waals surface area contributed by atoms with Gasteiger partial charge in [-0.25, -0.2) is 9.97 Å². The molecule has 5 nitrogen and oxygen atoms in total. The van der Waals surface area contributed by atoms with Gasteiger partial charge >= 0.3 is 0 Å². The number of hydrogen-bond donors (Lipinski definition) is 0. The van der Waals surface area contributed by atoms with Crippen LogP contribution in [-0.4, -0.2) is 20.1 Å². The Bertz CT molecular complexity index is 406. The molecule has 5 heteroatoms. The lowest BCUT2D eigenvalue weighted by Gasteiger charge is -1.92. The molecule has 0 unspecified atom stereocenters. The molecular weight excluding hydrogens is 168 g/mol. The molecule has 2 heterocycles. The molecule has 2 aromatic rings. The van der Waals surface area contributed by atoms with Gasteiger partial charge in [-0.2, -0.15) is 4.98 Å². The standard InChI is InChI=1S/C8H8N4O/c1-5-9-3-7(4-10-5)8-11-6(2)12-13-8/h3-4H,1-2H3. The monoisotopic (exact) mass is 176 g/mol. The molecular formula is C8H8N4O. The van der Waals surface area contributed by atoms with Gasteiger partial charge in [0.25, 0.3) is 5.89 Å². The summed E-state index contributed by atoms with van der Waals surface area (Å²) < 4.78 is 4.95. The first-order valence-corrected chi connectivity index (χ1v) is 3.85. The molecule has 0 saturated carbocycles. The molecule has 66 valence electrons. The van der Waals surface area contributed by atoms with E-state index in [2.05, 4.69) is 20.1 Å². The summed E-state index contributed by atoms with van der Waals surface area (Å²) >= 11 is 0. The topological polar surface area (TPSA) is 64.7 Å². The number of rotatable bonds is 1. The quantitative estimate of drug-likeness (QED) is 0.651. The van der Waals surface area contributed by atoms with Crippen LogP contribution in [0, 0.1) is 13.8 Å². The summed E-state index contributed by atoms with van der Waals surface area (Å²) in [7, 11) is 0. The van der Waals surface area contributed by atoms with Crippen LogP contribution < -0.4 is 0 Å². The number of aryl methyl sites for hydroxylation is 2. The van der Waals surface area contributed by atoms with Crippen LogP contribution in [0.3, 0.4) is 0 Å². The summed E-state index contributed by atoms with van der Waals surface area (Å²) in [6, 6.07) is 0. The van der Waals surface area contributed by atoms with Crippen molar-refractivity contribution in [1.82, 2.24) is 20.1 Å². The molecule has 0 atom stereocenters. The second-order valence-electron chi connectivity index (χ2n) is 2.67. The lowest BCUT2D eigenvalue weighted by Crippen LogP contribution is -1.87. The molecule has 0 spiro atoms. The molecule has 13 heavy (non-hydrogen) atoms. The van der Waals surface area contributed by atoms with E-state index in [9.17, 15) is 0 Å². The summed E-state index contributed by atoms with van der Waals surface area (Å²) in [4.78, 5) is 12.1. The Kier molecular flexibility index (Phi) is 1.77. The molecule has 0 bridgehead atoms. The molecule has 0 N–H and O–H groups in total. The lowest BCUT2D eigenvalue weighted by atomic mass is 10.3. The molecule has 0 aliphatic heterocycles. The van der Waals surface area contributed by atoms with Crippen LogP contribution >= 0.6 is 0 Å². The van der Waals surface area contributed by atoms with Crippen LogP contribution in [-0.2, 0) is 0 Å². The van der Waals surface area contributed by atoms with Gasteiger partial charge < -0.3 is 4.52 Å². The predicted octanol–water partition coefficient (Wildman–Crippen LogP) is 1.14. The van der Waals surface area contributed by atoms with Gasteiger partial charge in [-0.15, -0.1) is 0 Å². The summed E-state index contributed by atoms with van der Waals surface area (Å²) in [5, 5.41) is 3.67. The van der Waals surface area contributed by atoms with E-state index in [0.717, 1.165) is 11.4 Å². The normalized spacial score (nSPS) is 10.3. The smallest absolute Gasteiger partial charge is 0.261 e. The van der Waals surface area contributed by atoms with E-state index in [1.165, 1.54) is 0 Å². The van der Waals surface area contributed by atoms with Gasteiger partial charge in [0.05, 0.1) is 5.56 Å². The summed E-state index contributed by atoms with van der Waals surface area (Å²) in [6.45, 7) is 3.59. The highest BCUT2D eigenvalue weighted by atomic mass is 16.5. The third-order valence-electron chi connectivity index (χ3n) is 1.56. The SMILES string of the molecule is Cc1ncc(-c2nc(C)no2)cn1. The molecule has 0 saturated heterocycles. The van der Waals surface area contributed by atoms with E-state index in [-0.39, 0.29) is 0 Å². The minimum atomic E-state index is 0.456. The Morgan fingerprint density at radius 1 is 1.08 bits per heavy atom. The van der Waals surface area contributed by atoms with Crippen molar-refractivity contribution in [2.45, 2.75) is 13.8 Å². The van der Waals surface area contributed by atoms with E-state index in [0.29, 0.717) is 11.7 Å². The number of hydrogen-bond acceptors (Lipinski definition) is 5. The van der Waals surface area contributed by atoms with Crippen molar-refractivity contribution in [3.05, 3.63) is 24.0 Å². The van der Waals surface area contributed by atoms with Crippen molar-refractivity contribution < 1.29 is 4.52 Å². The molecule has 2 aromatic heterocycles. The third kappa shape index (κ3) is 1.53. The average Bonchev–Trinajstić information content (AvgIpc) is 2.53. The van der Waals surface area contributed by atoms with Crippen LogP contribution in [0.4, 0.5) is 0 Å². The van der Waals surface area contributed by atoms with Crippen molar-refractivity contribution in [3.8, 4) is 11.5 Å². The van der Waals surface area contributed by atoms with Gasteiger partial charge in [-0.1, -0.05) is 5.16 Å². The fourth-order valence-electron chi connectivity index (χ4n) is 0.917. The zero-order valence-electron chi connectivity index (χ0n) is 7.35. The molecule has 0 fully saturated rings. The fraction of sp³-hybridized carbons (Fsp3) is 0.250. The molecule has 0 radical (unpaired) electrons. The highest BCUT2D eigenvalue weighted by Gasteiger charge is 2.05. The van der Waals surface area contributed by atoms with Crippen LogP contribution in [0.1, 0.15) is 11.6 Å². The zero-order valence-corrected chi connectivity index (χ0v) is 7.35. The van der Waals surface area contributed by atoms with Crippen LogP contribution in [0.5, 0.6) is 0 Å². The average molecular weight is 176 g/mol. The minimum absolute atomic E-state index is 0.456. The summed E-state index contributed by atoms with van der Waals surface area (Å²) in [5.41, 5.74) is 0.742.